The molecule has 0 aliphatic heterocycles. The van der Waals surface area contributed by atoms with Crippen molar-refractivity contribution in [2.75, 3.05) is 0 Å². The molecule has 0 fully saturated rings. The van der Waals surface area contributed by atoms with E-state index in [0.29, 0.717) is 0 Å². The molecule has 0 radical (unpaired) electrons. The Kier molecular flexibility index (Phi) is 5.03. The van der Waals surface area contributed by atoms with E-state index in [1.807, 2.05) is 24.3 Å². The van der Waals surface area contributed by atoms with Crippen LogP contribution >= 0.6 is 11.6 Å². The van der Waals surface area contributed by atoms with Crippen LogP contribution in [0.25, 0.3) is 0 Å². The first-order valence-electron chi connectivity index (χ1n) is 8.49. The summed E-state index contributed by atoms with van der Waals surface area (Å²) in [5, 5.41) is 3.21. The first kappa shape index (κ1) is 17.8. The van der Waals surface area contributed by atoms with Crippen molar-refractivity contribution in [2.45, 2.75) is 25.8 Å². The molecule has 0 amide bonds. The van der Waals surface area contributed by atoms with E-state index in [4.69, 9.17) is 16.0 Å². The molecule has 0 bridgehead atoms. The van der Waals surface area contributed by atoms with Gasteiger partial charge in [-0.2, -0.15) is 0 Å². The Bertz CT molecular complexity index is 769. The highest BCUT2D eigenvalue weighted by Gasteiger charge is 2.52. The maximum Gasteiger partial charge on any atom is 0.319 e. The van der Waals surface area contributed by atoms with Gasteiger partial charge in [-0.15, -0.1) is 0 Å². The second kappa shape index (κ2) is 7.07. The maximum atomic E-state index is 6.87. The molecule has 0 aromatic heterocycles. The van der Waals surface area contributed by atoms with Crippen molar-refractivity contribution in [2.24, 2.45) is 0 Å². The normalized spacial score (nSPS) is 12.0. The van der Waals surface area contributed by atoms with Gasteiger partial charge < -0.3 is 4.43 Å². The smallest absolute Gasteiger partial charge is 0.319 e. The average molecular weight is 367 g/mol. The molecule has 0 aliphatic rings. The summed E-state index contributed by atoms with van der Waals surface area (Å²) in [6.45, 7) is 6.82. The molecular weight excluding hydrogens is 344 g/mol. The fourth-order valence-corrected chi connectivity index (χ4v) is 7.88. The molecule has 0 heterocycles. The van der Waals surface area contributed by atoms with Crippen molar-refractivity contribution >= 4 is 30.3 Å². The number of hydrogen-bond donors (Lipinski definition) is 0. The van der Waals surface area contributed by atoms with E-state index >= 15 is 0 Å². The SMILES string of the molecule is CC(C)(C)[Si](Oc1ccc(Cl)cc1)(c1ccccc1)c1ccccc1. The molecule has 0 aliphatic carbocycles. The lowest BCUT2D eigenvalue weighted by Gasteiger charge is -2.43. The topological polar surface area (TPSA) is 9.23 Å². The third kappa shape index (κ3) is 3.51. The molecule has 3 heteroatoms. The van der Waals surface area contributed by atoms with E-state index in [9.17, 15) is 0 Å². The molecule has 25 heavy (non-hydrogen) atoms. The van der Waals surface area contributed by atoms with Gasteiger partial charge >= 0.3 is 8.32 Å². The lowest BCUT2D eigenvalue weighted by atomic mass is 10.2. The molecule has 0 atom stereocenters. The van der Waals surface area contributed by atoms with Gasteiger partial charge in [0.1, 0.15) is 5.75 Å². The molecule has 0 saturated heterocycles. The molecule has 0 saturated carbocycles. The first-order chi connectivity index (χ1) is 11.9. The summed E-state index contributed by atoms with van der Waals surface area (Å²) in [6.07, 6.45) is 0. The number of halogens is 1. The van der Waals surface area contributed by atoms with Gasteiger partial charge in [-0.3, -0.25) is 0 Å². The van der Waals surface area contributed by atoms with Crippen LogP contribution < -0.4 is 14.8 Å². The maximum absolute atomic E-state index is 6.87. The van der Waals surface area contributed by atoms with E-state index in [1.54, 1.807) is 0 Å². The molecule has 0 spiro atoms. The summed E-state index contributed by atoms with van der Waals surface area (Å²) in [7, 11) is -2.55. The van der Waals surface area contributed by atoms with Crippen molar-refractivity contribution < 1.29 is 4.43 Å². The summed E-state index contributed by atoms with van der Waals surface area (Å²) in [6, 6.07) is 29.0. The Balaban J connectivity index is 2.23. The fraction of sp³-hybridized carbons (Fsp3) is 0.182. The van der Waals surface area contributed by atoms with Gasteiger partial charge in [0.25, 0.3) is 0 Å². The van der Waals surface area contributed by atoms with Crippen molar-refractivity contribution in [1.29, 1.82) is 0 Å². The van der Waals surface area contributed by atoms with E-state index in [2.05, 4.69) is 81.4 Å². The van der Waals surface area contributed by atoms with Crippen LogP contribution in [0.2, 0.25) is 10.1 Å². The summed E-state index contributed by atoms with van der Waals surface area (Å²) in [4.78, 5) is 0. The van der Waals surface area contributed by atoms with Gasteiger partial charge in [0.15, 0.2) is 0 Å². The van der Waals surface area contributed by atoms with E-state index in [1.165, 1.54) is 10.4 Å². The molecule has 3 rings (SSSR count). The molecule has 1 nitrogen and oxygen atoms in total. The molecule has 0 N–H and O–H groups in total. The third-order valence-electron chi connectivity index (χ3n) is 4.50. The predicted octanol–water partition coefficient (Wildman–Crippen LogP) is 5.28. The molecule has 0 unspecified atom stereocenters. The molecule has 128 valence electrons. The Morgan fingerprint density at radius 2 is 1.12 bits per heavy atom. The Morgan fingerprint density at radius 1 is 0.680 bits per heavy atom. The fourth-order valence-electron chi connectivity index (χ4n) is 3.33. The van der Waals surface area contributed by atoms with Gasteiger partial charge in [0.05, 0.1) is 0 Å². The lowest BCUT2D eigenvalue weighted by molar-refractivity contribution is 0.508. The van der Waals surface area contributed by atoms with E-state index in [-0.39, 0.29) is 5.04 Å². The van der Waals surface area contributed by atoms with Gasteiger partial charge in [-0.1, -0.05) is 93.0 Å². The zero-order chi connectivity index (χ0) is 17.9. The monoisotopic (exact) mass is 366 g/mol. The first-order valence-corrected chi connectivity index (χ1v) is 10.8. The number of hydrogen-bond acceptors (Lipinski definition) is 1. The minimum absolute atomic E-state index is 0.0463. The predicted molar refractivity (Wildman–Crippen MR) is 110 cm³/mol. The van der Waals surface area contributed by atoms with Crippen LogP contribution in [0.15, 0.2) is 84.9 Å². The molecule has 3 aromatic carbocycles. The second-order valence-corrected chi connectivity index (χ2v) is 11.9. The van der Waals surface area contributed by atoms with Crippen molar-refractivity contribution in [3.63, 3.8) is 0 Å². The van der Waals surface area contributed by atoms with Crippen LogP contribution in [-0.2, 0) is 0 Å². The van der Waals surface area contributed by atoms with Crippen molar-refractivity contribution in [1.82, 2.24) is 0 Å². The van der Waals surface area contributed by atoms with Crippen LogP contribution in [-0.4, -0.2) is 8.32 Å². The largest absolute Gasteiger partial charge is 0.534 e. The standard InChI is InChI=1S/C22H23ClOSi/c1-22(2,3)25(20-10-6-4-7-11-20,21-12-8-5-9-13-21)24-19-16-14-18(23)15-17-19/h4-17H,1-3H3. The molecular formula is C22H23ClOSi. The van der Waals surface area contributed by atoms with Crippen LogP contribution in [0.1, 0.15) is 20.8 Å². The van der Waals surface area contributed by atoms with Crippen molar-refractivity contribution in [3.8, 4) is 5.75 Å². The highest BCUT2D eigenvalue weighted by molar-refractivity contribution is 7.00. The summed E-state index contributed by atoms with van der Waals surface area (Å²) in [5.41, 5.74) is 0. The lowest BCUT2D eigenvalue weighted by Crippen LogP contribution is -2.68. The summed E-state index contributed by atoms with van der Waals surface area (Å²) in [5.74, 6) is 0.860. The van der Waals surface area contributed by atoms with Crippen LogP contribution in [0.3, 0.4) is 0 Å². The van der Waals surface area contributed by atoms with Crippen LogP contribution in [0, 0.1) is 0 Å². The zero-order valence-corrected chi connectivity index (χ0v) is 16.6. The van der Waals surface area contributed by atoms with Gasteiger partial charge in [-0.05, 0) is 39.7 Å². The Hall–Kier alpha value is -2.03. The quantitative estimate of drug-likeness (QED) is 0.571. The van der Waals surface area contributed by atoms with Gasteiger partial charge in [0.2, 0.25) is 0 Å². The Labute approximate surface area is 156 Å². The minimum atomic E-state index is -2.55. The minimum Gasteiger partial charge on any atom is -0.534 e. The zero-order valence-electron chi connectivity index (χ0n) is 14.9. The second-order valence-electron chi connectivity index (χ2n) is 7.22. The number of benzene rings is 3. The summed E-state index contributed by atoms with van der Waals surface area (Å²) < 4.78 is 6.87. The average Bonchev–Trinajstić information content (AvgIpc) is 2.62. The highest BCUT2D eigenvalue weighted by Crippen LogP contribution is 2.37. The van der Waals surface area contributed by atoms with Gasteiger partial charge in [0, 0.05) is 5.02 Å². The van der Waals surface area contributed by atoms with Crippen LogP contribution in [0.4, 0.5) is 0 Å². The number of rotatable bonds is 4. The highest BCUT2D eigenvalue weighted by atomic mass is 35.5. The molecule has 3 aromatic rings. The van der Waals surface area contributed by atoms with Crippen molar-refractivity contribution in [3.05, 3.63) is 90.0 Å². The Morgan fingerprint density at radius 3 is 1.52 bits per heavy atom. The summed E-state index contributed by atoms with van der Waals surface area (Å²) >= 11 is 6.06. The third-order valence-corrected chi connectivity index (χ3v) is 9.70. The van der Waals surface area contributed by atoms with E-state index < -0.39 is 8.32 Å². The van der Waals surface area contributed by atoms with Gasteiger partial charge in [-0.25, -0.2) is 0 Å². The van der Waals surface area contributed by atoms with E-state index in [0.717, 1.165) is 10.8 Å². The van der Waals surface area contributed by atoms with Crippen LogP contribution in [0.5, 0.6) is 5.75 Å².